The van der Waals surface area contributed by atoms with Gasteiger partial charge in [0.25, 0.3) is 0 Å². The predicted molar refractivity (Wildman–Crippen MR) is 87.5 cm³/mol. The number of nitrogens with zero attached hydrogens (tertiary/aromatic N) is 2. The SMILES string of the molecule is CNCC(Cc1nn(C)c2ccccc12)c1ccccc1. The van der Waals surface area contributed by atoms with E-state index >= 15 is 0 Å². The van der Waals surface area contributed by atoms with Gasteiger partial charge in [-0.2, -0.15) is 5.10 Å². The Morgan fingerprint density at radius 2 is 1.76 bits per heavy atom. The van der Waals surface area contributed by atoms with Crippen LogP contribution in [0.1, 0.15) is 17.2 Å². The Morgan fingerprint density at radius 1 is 1.05 bits per heavy atom. The van der Waals surface area contributed by atoms with Gasteiger partial charge >= 0.3 is 0 Å². The summed E-state index contributed by atoms with van der Waals surface area (Å²) in [7, 11) is 4.02. The van der Waals surface area contributed by atoms with Gasteiger partial charge in [0, 0.05) is 31.3 Å². The van der Waals surface area contributed by atoms with Crippen molar-refractivity contribution in [1.82, 2.24) is 15.1 Å². The molecule has 3 aromatic rings. The molecule has 0 saturated carbocycles. The molecule has 0 radical (unpaired) electrons. The smallest absolute Gasteiger partial charge is 0.0709 e. The molecule has 1 aromatic heterocycles. The summed E-state index contributed by atoms with van der Waals surface area (Å²) in [5.41, 5.74) is 3.74. The Balaban J connectivity index is 1.95. The summed E-state index contributed by atoms with van der Waals surface area (Å²) in [6.07, 6.45) is 0.951. The second kappa shape index (κ2) is 6.10. The summed E-state index contributed by atoms with van der Waals surface area (Å²) in [4.78, 5) is 0. The normalized spacial score (nSPS) is 12.7. The Kier molecular flexibility index (Phi) is 4.02. The van der Waals surface area contributed by atoms with Gasteiger partial charge in [0.2, 0.25) is 0 Å². The number of para-hydroxylation sites is 1. The first-order valence-electron chi connectivity index (χ1n) is 7.39. The van der Waals surface area contributed by atoms with E-state index in [0.29, 0.717) is 5.92 Å². The summed E-state index contributed by atoms with van der Waals surface area (Å²) in [6, 6.07) is 19.1. The molecule has 1 heterocycles. The lowest BCUT2D eigenvalue weighted by Gasteiger charge is -2.16. The summed E-state index contributed by atoms with van der Waals surface area (Å²) in [6.45, 7) is 0.953. The molecule has 3 nitrogen and oxygen atoms in total. The van der Waals surface area contributed by atoms with Crippen LogP contribution in [0.25, 0.3) is 10.9 Å². The Hall–Kier alpha value is -2.13. The summed E-state index contributed by atoms with van der Waals surface area (Å²) in [5.74, 6) is 0.439. The van der Waals surface area contributed by atoms with E-state index in [-0.39, 0.29) is 0 Å². The highest BCUT2D eigenvalue weighted by Gasteiger charge is 2.16. The fourth-order valence-corrected chi connectivity index (χ4v) is 2.95. The average molecular weight is 279 g/mol. The van der Waals surface area contributed by atoms with E-state index in [9.17, 15) is 0 Å². The average Bonchev–Trinajstić information content (AvgIpc) is 2.85. The van der Waals surface area contributed by atoms with Crippen molar-refractivity contribution in [1.29, 1.82) is 0 Å². The molecule has 21 heavy (non-hydrogen) atoms. The molecular formula is C18H21N3. The third-order valence-corrected chi connectivity index (χ3v) is 4.00. The van der Waals surface area contributed by atoms with Crippen LogP contribution < -0.4 is 5.32 Å². The number of benzene rings is 2. The minimum atomic E-state index is 0.439. The minimum Gasteiger partial charge on any atom is -0.319 e. The molecule has 3 heteroatoms. The standard InChI is InChI=1S/C18H21N3/c1-19-13-15(14-8-4-3-5-9-14)12-17-16-10-6-7-11-18(16)21(2)20-17/h3-11,15,19H,12-13H2,1-2H3. The fraction of sp³-hybridized carbons (Fsp3) is 0.278. The van der Waals surface area contributed by atoms with Crippen LogP contribution in [0.3, 0.4) is 0 Å². The van der Waals surface area contributed by atoms with Gasteiger partial charge in [-0.05, 0) is 18.7 Å². The number of likely N-dealkylation sites (N-methyl/N-ethyl adjacent to an activating group) is 1. The van der Waals surface area contributed by atoms with E-state index in [2.05, 4.69) is 59.9 Å². The summed E-state index contributed by atoms with van der Waals surface area (Å²) in [5, 5.41) is 9.29. The van der Waals surface area contributed by atoms with Gasteiger partial charge in [-0.25, -0.2) is 0 Å². The van der Waals surface area contributed by atoms with E-state index < -0.39 is 0 Å². The fourth-order valence-electron chi connectivity index (χ4n) is 2.95. The van der Waals surface area contributed by atoms with Crippen LogP contribution in [-0.4, -0.2) is 23.4 Å². The molecule has 0 spiro atoms. The number of nitrogens with one attached hydrogen (secondary N) is 1. The lowest BCUT2D eigenvalue weighted by atomic mass is 9.93. The molecule has 1 atom stereocenters. The van der Waals surface area contributed by atoms with Gasteiger partial charge < -0.3 is 5.32 Å². The maximum Gasteiger partial charge on any atom is 0.0709 e. The largest absolute Gasteiger partial charge is 0.319 e. The van der Waals surface area contributed by atoms with Gasteiger partial charge in [0.1, 0.15) is 0 Å². The van der Waals surface area contributed by atoms with Crippen LogP contribution in [0.15, 0.2) is 54.6 Å². The maximum atomic E-state index is 4.73. The van der Waals surface area contributed by atoms with Crippen LogP contribution in [0.5, 0.6) is 0 Å². The Morgan fingerprint density at radius 3 is 2.52 bits per heavy atom. The molecule has 3 rings (SSSR count). The van der Waals surface area contributed by atoms with Crippen molar-refractivity contribution >= 4 is 10.9 Å². The quantitative estimate of drug-likeness (QED) is 0.777. The molecule has 1 unspecified atom stereocenters. The van der Waals surface area contributed by atoms with Crippen molar-refractivity contribution in [3.05, 3.63) is 65.9 Å². The van der Waals surface area contributed by atoms with Crippen LogP contribution in [0.2, 0.25) is 0 Å². The van der Waals surface area contributed by atoms with Crippen molar-refractivity contribution in [3.63, 3.8) is 0 Å². The second-order valence-corrected chi connectivity index (χ2v) is 5.46. The third-order valence-electron chi connectivity index (χ3n) is 4.00. The lowest BCUT2D eigenvalue weighted by Crippen LogP contribution is -2.19. The molecule has 0 aliphatic heterocycles. The zero-order chi connectivity index (χ0) is 14.7. The van der Waals surface area contributed by atoms with Crippen LogP contribution in [-0.2, 0) is 13.5 Å². The predicted octanol–water partition coefficient (Wildman–Crippen LogP) is 3.12. The van der Waals surface area contributed by atoms with E-state index in [0.717, 1.165) is 13.0 Å². The van der Waals surface area contributed by atoms with E-state index in [1.165, 1.54) is 22.2 Å². The van der Waals surface area contributed by atoms with Crippen LogP contribution >= 0.6 is 0 Å². The molecule has 2 aromatic carbocycles. The van der Waals surface area contributed by atoms with Gasteiger partial charge in [-0.3, -0.25) is 4.68 Å². The van der Waals surface area contributed by atoms with E-state index in [1.54, 1.807) is 0 Å². The van der Waals surface area contributed by atoms with Crippen LogP contribution in [0.4, 0.5) is 0 Å². The highest BCUT2D eigenvalue weighted by Crippen LogP contribution is 2.25. The highest BCUT2D eigenvalue weighted by atomic mass is 15.3. The van der Waals surface area contributed by atoms with Crippen LogP contribution in [0, 0.1) is 0 Å². The van der Waals surface area contributed by atoms with Gasteiger partial charge in [0.15, 0.2) is 0 Å². The van der Waals surface area contributed by atoms with Crippen molar-refractivity contribution in [2.45, 2.75) is 12.3 Å². The van der Waals surface area contributed by atoms with Gasteiger partial charge in [-0.15, -0.1) is 0 Å². The number of hydrogen-bond acceptors (Lipinski definition) is 2. The lowest BCUT2D eigenvalue weighted by molar-refractivity contribution is 0.612. The zero-order valence-electron chi connectivity index (χ0n) is 12.6. The molecule has 0 amide bonds. The second-order valence-electron chi connectivity index (χ2n) is 5.46. The molecular weight excluding hydrogens is 258 g/mol. The van der Waals surface area contributed by atoms with Crippen molar-refractivity contribution in [3.8, 4) is 0 Å². The first kappa shape index (κ1) is 13.8. The number of rotatable bonds is 5. The van der Waals surface area contributed by atoms with Gasteiger partial charge in [-0.1, -0.05) is 48.5 Å². The van der Waals surface area contributed by atoms with Gasteiger partial charge in [0.05, 0.1) is 11.2 Å². The van der Waals surface area contributed by atoms with E-state index in [4.69, 9.17) is 5.10 Å². The first-order chi connectivity index (χ1) is 10.3. The topological polar surface area (TPSA) is 29.9 Å². The molecule has 108 valence electrons. The molecule has 0 bridgehead atoms. The van der Waals surface area contributed by atoms with Crippen molar-refractivity contribution in [2.24, 2.45) is 7.05 Å². The summed E-state index contributed by atoms with van der Waals surface area (Å²) >= 11 is 0. The number of aromatic nitrogens is 2. The Labute approximate surface area is 125 Å². The zero-order valence-corrected chi connectivity index (χ0v) is 12.6. The monoisotopic (exact) mass is 279 g/mol. The molecule has 0 fully saturated rings. The Bertz CT molecular complexity index is 716. The molecule has 1 N–H and O–H groups in total. The molecule has 0 saturated heterocycles. The molecule has 0 aliphatic carbocycles. The number of fused-ring (bicyclic) bond motifs is 1. The minimum absolute atomic E-state index is 0.439. The van der Waals surface area contributed by atoms with Crippen molar-refractivity contribution in [2.75, 3.05) is 13.6 Å². The maximum absolute atomic E-state index is 4.73. The highest BCUT2D eigenvalue weighted by molar-refractivity contribution is 5.81. The summed E-state index contributed by atoms with van der Waals surface area (Å²) < 4.78 is 1.98. The first-order valence-corrected chi connectivity index (χ1v) is 7.39. The van der Waals surface area contributed by atoms with Crippen molar-refractivity contribution < 1.29 is 0 Å². The number of hydrogen-bond donors (Lipinski definition) is 1. The molecule has 0 aliphatic rings. The third kappa shape index (κ3) is 2.83. The number of aryl methyl sites for hydroxylation is 1. The van der Waals surface area contributed by atoms with E-state index in [1.807, 2.05) is 18.8 Å².